The SMILES string of the molecule is Nc1c(Cl)cc(-c2nc(CC3CCOC3)no2)cc1Cl. The van der Waals surface area contributed by atoms with Gasteiger partial charge in [0.2, 0.25) is 0 Å². The van der Waals surface area contributed by atoms with E-state index < -0.39 is 0 Å². The van der Waals surface area contributed by atoms with E-state index in [1.807, 2.05) is 0 Å². The average Bonchev–Trinajstić information content (AvgIpc) is 3.07. The van der Waals surface area contributed by atoms with Crippen molar-refractivity contribution in [1.29, 1.82) is 0 Å². The molecule has 1 aliphatic rings. The minimum absolute atomic E-state index is 0.347. The fourth-order valence-corrected chi connectivity index (χ4v) is 2.65. The lowest BCUT2D eigenvalue weighted by atomic mass is 10.1. The standard InChI is InChI=1S/C13H13Cl2N3O2/c14-9-4-8(5-10(15)12(9)16)13-17-11(18-20-13)3-7-1-2-19-6-7/h4-5,7H,1-3,6,16H2. The van der Waals surface area contributed by atoms with E-state index in [4.69, 9.17) is 38.2 Å². The molecular weight excluding hydrogens is 301 g/mol. The molecule has 0 aliphatic carbocycles. The molecule has 5 nitrogen and oxygen atoms in total. The maximum Gasteiger partial charge on any atom is 0.258 e. The van der Waals surface area contributed by atoms with Crippen LogP contribution in [0.1, 0.15) is 12.2 Å². The fraction of sp³-hybridized carbons (Fsp3) is 0.385. The third-order valence-electron chi connectivity index (χ3n) is 3.29. The van der Waals surface area contributed by atoms with Crippen LogP contribution in [0, 0.1) is 5.92 Å². The summed E-state index contributed by atoms with van der Waals surface area (Å²) >= 11 is 12.0. The Morgan fingerprint density at radius 3 is 2.70 bits per heavy atom. The first-order chi connectivity index (χ1) is 9.63. The molecule has 7 heteroatoms. The summed E-state index contributed by atoms with van der Waals surface area (Å²) in [6, 6.07) is 3.33. The maximum absolute atomic E-state index is 6.00. The third kappa shape index (κ3) is 2.75. The van der Waals surface area contributed by atoms with E-state index in [1.54, 1.807) is 12.1 Å². The van der Waals surface area contributed by atoms with Crippen molar-refractivity contribution in [2.24, 2.45) is 5.92 Å². The van der Waals surface area contributed by atoms with Crippen LogP contribution in [0.4, 0.5) is 5.69 Å². The lowest BCUT2D eigenvalue weighted by molar-refractivity contribution is 0.185. The smallest absolute Gasteiger partial charge is 0.258 e. The van der Waals surface area contributed by atoms with Crippen LogP contribution in [0.3, 0.4) is 0 Å². The molecule has 1 saturated heterocycles. The lowest BCUT2D eigenvalue weighted by Gasteiger charge is -2.03. The van der Waals surface area contributed by atoms with Gasteiger partial charge in [0.25, 0.3) is 5.89 Å². The Kier molecular flexibility index (Phi) is 3.83. The number of ether oxygens (including phenoxy) is 1. The van der Waals surface area contributed by atoms with Gasteiger partial charge in [-0.2, -0.15) is 4.98 Å². The average molecular weight is 314 g/mol. The van der Waals surface area contributed by atoms with E-state index in [9.17, 15) is 0 Å². The summed E-state index contributed by atoms with van der Waals surface area (Å²) in [6.07, 6.45) is 1.78. The molecule has 20 heavy (non-hydrogen) atoms. The Balaban J connectivity index is 1.82. The highest BCUT2D eigenvalue weighted by molar-refractivity contribution is 6.39. The molecule has 0 amide bonds. The molecule has 1 unspecified atom stereocenters. The summed E-state index contributed by atoms with van der Waals surface area (Å²) in [5, 5.41) is 4.72. The van der Waals surface area contributed by atoms with Gasteiger partial charge in [-0.25, -0.2) is 0 Å². The summed E-state index contributed by atoms with van der Waals surface area (Å²) in [4.78, 5) is 4.36. The summed E-state index contributed by atoms with van der Waals surface area (Å²) < 4.78 is 10.6. The Morgan fingerprint density at radius 2 is 2.05 bits per heavy atom. The Hall–Kier alpha value is -1.30. The van der Waals surface area contributed by atoms with Gasteiger partial charge in [0.15, 0.2) is 5.82 Å². The van der Waals surface area contributed by atoms with Gasteiger partial charge in [-0.15, -0.1) is 0 Å². The summed E-state index contributed by atoms with van der Waals surface area (Å²) in [6.45, 7) is 1.56. The summed E-state index contributed by atoms with van der Waals surface area (Å²) in [5.74, 6) is 1.52. The third-order valence-corrected chi connectivity index (χ3v) is 3.91. The summed E-state index contributed by atoms with van der Waals surface area (Å²) in [5.41, 5.74) is 6.71. The van der Waals surface area contributed by atoms with Crippen molar-refractivity contribution in [3.8, 4) is 11.5 Å². The first-order valence-corrected chi connectivity index (χ1v) is 7.04. The molecule has 0 radical (unpaired) electrons. The van der Waals surface area contributed by atoms with Crippen LogP contribution < -0.4 is 5.73 Å². The molecule has 3 rings (SSSR count). The van der Waals surface area contributed by atoms with Gasteiger partial charge in [-0.05, 0) is 24.5 Å². The van der Waals surface area contributed by atoms with Crippen molar-refractivity contribution in [3.63, 3.8) is 0 Å². The second-order valence-corrected chi connectivity index (χ2v) is 5.62. The van der Waals surface area contributed by atoms with E-state index in [1.165, 1.54) is 0 Å². The molecule has 1 atom stereocenters. The monoisotopic (exact) mass is 313 g/mol. The zero-order valence-corrected chi connectivity index (χ0v) is 12.1. The van der Waals surface area contributed by atoms with Gasteiger partial charge in [-0.1, -0.05) is 28.4 Å². The minimum atomic E-state index is 0.347. The minimum Gasteiger partial charge on any atom is -0.396 e. The van der Waals surface area contributed by atoms with E-state index in [2.05, 4.69) is 10.1 Å². The molecule has 1 aliphatic heterocycles. The molecule has 0 spiro atoms. The number of aromatic nitrogens is 2. The molecule has 106 valence electrons. The number of nitrogens with two attached hydrogens (primary N) is 1. The van der Waals surface area contributed by atoms with E-state index in [-0.39, 0.29) is 0 Å². The van der Waals surface area contributed by atoms with Gasteiger partial charge >= 0.3 is 0 Å². The highest BCUT2D eigenvalue weighted by Crippen LogP contribution is 2.33. The van der Waals surface area contributed by atoms with Crippen LogP contribution in [0.15, 0.2) is 16.7 Å². The van der Waals surface area contributed by atoms with Crippen molar-refractivity contribution >= 4 is 28.9 Å². The van der Waals surface area contributed by atoms with Crippen molar-refractivity contribution in [2.45, 2.75) is 12.8 Å². The number of anilines is 1. The van der Waals surface area contributed by atoms with Crippen LogP contribution in [0.2, 0.25) is 10.0 Å². The number of benzene rings is 1. The number of hydrogen-bond acceptors (Lipinski definition) is 5. The molecule has 0 saturated carbocycles. The maximum atomic E-state index is 6.00. The molecule has 0 bridgehead atoms. The zero-order chi connectivity index (χ0) is 14.1. The molecule has 1 fully saturated rings. The Bertz CT molecular complexity index is 601. The zero-order valence-electron chi connectivity index (χ0n) is 10.6. The molecule has 2 N–H and O–H groups in total. The number of rotatable bonds is 3. The molecule has 1 aromatic heterocycles. The van der Waals surface area contributed by atoms with Gasteiger partial charge in [0.05, 0.1) is 15.7 Å². The largest absolute Gasteiger partial charge is 0.396 e. The Morgan fingerprint density at radius 1 is 1.30 bits per heavy atom. The van der Waals surface area contributed by atoms with Crippen LogP contribution in [0.25, 0.3) is 11.5 Å². The normalized spacial score (nSPS) is 18.6. The second kappa shape index (κ2) is 5.60. The highest BCUT2D eigenvalue weighted by Gasteiger charge is 2.20. The number of hydrogen-bond donors (Lipinski definition) is 1. The lowest BCUT2D eigenvalue weighted by Crippen LogP contribution is -2.04. The number of halogens is 2. The van der Waals surface area contributed by atoms with E-state index in [0.29, 0.717) is 38.9 Å². The van der Waals surface area contributed by atoms with Crippen molar-refractivity contribution < 1.29 is 9.26 Å². The van der Waals surface area contributed by atoms with Crippen molar-refractivity contribution in [2.75, 3.05) is 18.9 Å². The number of nitrogens with zero attached hydrogens (tertiary/aromatic N) is 2. The predicted octanol–water partition coefficient (Wildman–Crippen LogP) is 3.20. The molecule has 2 aromatic rings. The van der Waals surface area contributed by atoms with Crippen LogP contribution >= 0.6 is 23.2 Å². The molecular formula is C13H13Cl2N3O2. The fourth-order valence-electron chi connectivity index (χ4n) is 2.16. The van der Waals surface area contributed by atoms with Crippen LogP contribution in [-0.2, 0) is 11.2 Å². The van der Waals surface area contributed by atoms with Gasteiger partial charge in [0, 0.05) is 25.2 Å². The first-order valence-electron chi connectivity index (χ1n) is 6.28. The quantitative estimate of drug-likeness (QED) is 0.881. The highest BCUT2D eigenvalue weighted by atomic mass is 35.5. The molecule has 2 heterocycles. The molecule has 1 aromatic carbocycles. The topological polar surface area (TPSA) is 74.2 Å². The first kappa shape index (κ1) is 13.7. The van der Waals surface area contributed by atoms with Crippen LogP contribution in [-0.4, -0.2) is 23.4 Å². The number of nitrogen functional groups attached to an aromatic ring is 1. The van der Waals surface area contributed by atoms with Gasteiger partial charge in [0.1, 0.15) is 0 Å². The second-order valence-electron chi connectivity index (χ2n) is 4.80. The van der Waals surface area contributed by atoms with Crippen molar-refractivity contribution in [1.82, 2.24) is 10.1 Å². The van der Waals surface area contributed by atoms with E-state index in [0.717, 1.165) is 26.1 Å². The summed E-state index contributed by atoms with van der Waals surface area (Å²) in [7, 11) is 0. The van der Waals surface area contributed by atoms with Crippen LogP contribution in [0.5, 0.6) is 0 Å². The van der Waals surface area contributed by atoms with Gasteiger partial charge < -0.3 is 15.0 Å². The predicted molar refractivity (Wildman–Crippen MR) is 76.8 cm³/mol. The van der Waals surface area contributed by atoms with Crippen molar-refractivity contribution in [3.05, 3.63) is 28.0 Å². The Labute approximate surface area is 126 Å². The van der Waals surface area contributed by atoms with Gasteiger partial charge in [-0.3, -0.25) is 0 Å². The van der Waals surface area contributed by atoms with E-state index >= 15 is 0 Å².